The second-order valence-corrected chi connectivity index (χ2v) is 6.40. The van der Waals surface area contributed by atoms with Crippen molar-refractivity contribution in [3.63, 3.8) is 0 Å². The maximum Gasteiger partial charge on any atom is 0.259 e. The van der Waals surface area contributed by atoms with E-state index < -0.39 is 0 Å². The average molecular weight is 346 g/mol. The van der Waals surface area contributed by atoms with Gasteiger partial charge in [-0.25, -0.2) is 4.98 Å². The first-order chi connectivity index (χ1) is 12.5. The summed E-state index contributed by atoms with van der Waals surface area (Å²) >= 11 is 0. The molecule has 2 heterocycles. The quantitative estimate of drug-likeness (QED) is 0.775. The van der Waals surface area contributed by atoms with Gasteiger partial charge >= 0.3 is 0 Å². The summed E-state index contributed by atoms with van der Waals surface area (Å²) in [4.78, 5) is 33.5. The number of anilines is 3. The van der Waals surface area contributed by atoms with Crippen molar-refractivity contribution in [3.8, 4) is 0 Å². The number of pyridine rings is 1. The number of carbonyl (C=O) groups is 2. The van der Waals surface area contributed by atoms with Crippen molar-refractivity contribution in [1.82, 2.24) is 4.98 Å². The molecule has 2 aromatic carbocycles. The summed E-state index contributed by atoms with van der Waals surface area (Å²) in [6.07, 6.45) is 0. The summed E-state index contributed by atoms with van der Waals surface area (Å²) in [5.41, 5.74) is 2.62. The van der Waals surface area contributed by atoms with E-state index in [0.29, 0.717) is 22.8 Å². The largest absolute Gasteiger partial charge is 0.363 e. The molecule has 1 aromatic heterocycles. The molecule has 1 aliphatic rings. The van der Waals surface area contributed by atoms with E-state index in [-0.39, 0.29) is 18.4 Å². The maximum atomic E-state index is 13.4. The van der Waals surface area contributed by atoms with Crippen molar-refractivity contribution < 1.29 is 9.59 Å². The number of nitrogens with one attached hydrogen (secondary N) is 1. The Balaban J connectivity index is 1.88. The molecule has 6 nitrogen and oxygen atoms in total. The highest BCUT2D eigenvalue weighted by Crippen LogP contribution is 2.32. The van der Waals surface area contributed by atoms with Gasteiger partial charge in [0.15, 0.2) is 0 Å². The van der Waals surface area contributed by atoms with Crippen LogP contribution in [0.4, 0.5) is 17.2 Å². The van der Waals surface area contributed by atoms with Crippen molar-refractivity contribution in [3.05, 3.63) is 60.2 Å². The third-order valence-electron chi connectivity index (χ3n) is 4.41. The zero-order valence-electron chi connectivity index (χ0n) is 14.6. The van der Waals surface area contributed by atoms with Crippen LogP contribution in [0.3, 0.4) is 0 Å². The topological polar surface area (TPSA) is 65.5 Å². The highest BCUT2D eigenvalue weighted by atomic mass is 16.2. The number of fused-ring (bicyclic) bond motifs is 2. The molecule has 130 valence electrons. The number of carbonyl (C=O) groups excluding carboxylic acids is 2. The van der Waals surface area contributed by atoms with Gasteiger partial charge in [0.25, 0.3) is 5.91 Å². The number of hydrogen-bond donors (Lipinski definition) is 1. The number of para-hydroxylation sites is 3. The lowest BCUT2D eigenvalue weighted by molar-refractivity contribution is -0.115. The lowest BCUT2D eigenvalue weighted by Crippen LogP contribution is -2.42. The van der Waals surface area contributed by atoms with E-state index in [1.807, 2.05) is 61.5 Å². The Morgan fingerprint density at radius 2 is 1.85 bits per heavy atom. The molecule has 0 aliphatic carbocycles. The monoisotopic (exact) mass is 346 g/mol. The van der Waals surface area contributed by atoms with E-state index in [9.17, 15) is 9.59 Å². The molecule has 2 amide bonds. The standard InChI is InChI=1S/C20H18N4O2/c1-23(2)18-11-14(13-7-3-4-8-15(13)21-18)20(26)24-12-19(25)22-16-9-5-6-10-17(16)24/h3-11H,12H2,1-2H3,(H,22,25). The maximum absolute atomic E-state index is 13.4. The minimum absolute atomic E-state index is 0.0101. The fraction of sp³-hybridized carbons (Fsp3) is 0.150. The van der Waals surface area contributed by atoms with Crippen molar-refractivity contribution in [2.45, 2.75) is 0 Å². The van der Waals surface area contributed by atoms with Crippen molar-refractivity contribution in [2.24, 2.45) is 0 Å². The van der Waals surface area contributed by atoms with Crippen LogP contribution >= 0.6 is 0 Å². The predicted molar refractivity (Wildman–Crippen MR) is 103 cm³/mol. The molecule has 1 N–H and O–H groups in total. The minimum Gasteiger partial charge on any atom is -0.363 e. The molecule has 4 rings (SSSR count). The summed E-state index contributed by atoms with van der Waals surface area (Å²) in [7, 11) is 3.77. The van der Waals surface area contributed by atoms with Gasteiger partial charge in [0, 0.05) is 19.5 Å². The SMILES string of the molecule is CN(C)c1cc(C(=O)N2CC(=O)Nc3ccccc32)c2ccccc2n1. The van der Waals surface area contributed by atoms with Gasteiger partial charge in [-0.2, -0.15) is 0 Å². The molecule has 0 saturated heterocycles. The Bertz CT molecular complexity index is 1030. The number of aromatic nitrogens is 1. The van der Waals surface area contributed by atoms with E-state index in [1.165, 1.54) is 4.90 Å². The van der Waals surface area contributed by atoms with E-state index in [4.69, 9.17) is 0 Å². The summed E-state index contributed by atoms with van der Waals surface area (Å²) < 4.78 is 0. The van der Waals surface area contributed by atoms with Gasteiger partial charge in [0.1, 0.15) is 12.4 Å². The van der Waals surface area contributed by atoms with Gasteiger partial charge in [-0.15, -0.1) is 0 Å². The fourth-order valence-electron chi connectivity index (χ4n) is 3.13. The molecule has 0 fully saturated rings. The summed E-state index contributed by atoms with van der Waals surface area (Å²) in [5.74, 6) is 0.277. The van der Waals surface area contributed by atoms with Crippen LogP contribution in [0.15, 0.2) is 54.6 Å². The molecular formula is C20H18N4O2. The van der Waals surface area contributed by atoms with Crippen LogP contribution in [0.1, 0.15) is 10.4 Å². The van der Waals surface area contributed by atoms with E-state index in [1.54, 1.807) is 12.1 Å². The first-order valence-electron chi connectivity index (χ1n) is 8.32. The molecule has 0 radical (unpaired) electrons. The number of nitrogens with zero attached hydrogens (tertiary/aromatic N) is 3. The summed E-state index contributed by atoms with van der Waals surface area (Å²) in [6.45, 7) is -0.0101. The van der Waals surface area contributed by atoms with Crippen molar-refractivity contribution >= 4 is 39.9 Å². The second-order valence-electron chi connectivity index (χ2n) is 6.40. The average Bonchev–Trinajstić information content (AvgIpc) is 2.65. The third kappa shape index (κ3) is 2.65. The predicted octanol–water partition coefficient (Wildman–Crippen LogP) is 2.90. The smallest absolute Gasteiger partial charge is 0.259 e. The van der Waals surface area contributed by atoms with Crippen molar-refractivity contribution in [2.75, 3.05) is 35.8 Å². The van der Waals surface area contributed by atoms with Gasteiger partial charge < -0.3 is 10.2 Å². The highest BCUT2D eigenvalue weighted by Gasteiger charge is 2.28. The fourth-order valence-corrected chi connectivity index (χ4v) is 3.13. The molecule has 0 unspecified atom stereocenters. The van der Waals surface area contributed by atoms with E-state index in [0.717, 1.165) is 10.9 Å². The normalized spacial score (nSPS) is 13.3. The van der Waals surface area contributed by atoms with Crippen LogP contribution < -0.4 is 15.1 Å². The van der Waals surface area contributed by atoms with Crippen LogP contribution in [0.5, 0.6) is 0 Å². The molecule has 0 atom stereocenters. The number of benzene rings is 2. The van der Waals surface area contributed by atoms with Gasteiger partial charge in [0.2, 0.25) is 5.91 Å². The summed E-state index contributed by atoms with van der Waals surface area (Å²) in [5, 5.41) is 3.58. The van der Waals surface area contributed by atoms with Gasteiger partial charge in [-0.05, 0) is 24.3 Å². The first-order valence-corrected chi connectivity index (χ1v) is 8.32. The zero-order valence-corrected chi connectivity index (χ0v) is 14.6. The molecule has 6 heteroatoms. The van der Waals surface area contributed by atoms with Crippen LogP contribution in [0.2, 0.25) is 0 Å². The van der Waals surface area contributed by atoms with E-state index in [2.05, 4.69) is 10.3 Å². The number of rotatable bonds is 2. The first kappa shape index (κ1) is 16.1. The van der Waals surface area contributed by atoms with Crippen LogP contribution in [-0.4, -0.2) is 37.4 Å². The molecule has 0 spiro atoms. The Morgan fingerprint density at radius 1 is 1.12 bits per heavy atom. The minimum atomic E-state index is -0.214. The third-order valence-corrected chi connectivity index (χ3v) is 4.41. The lowest BCUT2D eigenvalue weighted by Gasteiger charge is -2.29. The number of hydrogen-bond acceptors (Lipinski definition) is 4. The lowest BCUT2D eigenvalue weighted by atomic mass is 10.1. The number of amides is 2. The van der Waals surface area contributed by atoms with E-state index >= 15 is 0 Å². The Kier molecular flexibility index (Phi) is 3.80. The van der Waals surface area contributed by atoms with Gasteiger partial charge in [-0.1, -0.05) is 30.3 Å². The van der Waals surface area contributed by atoms with Gasteiger partial charge in [0.05, 0.1) is 22.5 Å². The second kappa shape index (κ2) is 6.15. The Labute approximate surface area is 151 Å². The Morgan fingerprint density at radius 3 is 2.65 bits per heavy atom. The molecule has 3 aromatic rings. The zero-order chi connectivity index (χ0) is 18.3. The Hall–Kier alpha value is -3.41. The summed E-state index contributed by atoms with van der Waals surface area (Å²) in [6, 6.07) is 16.6. The van der Waals surface area contributed by atoms with Crippen molar-refractivity contribution in [1.29, 1.82) is 0 Å². The molecule has 1 aliphatic heterocycles. The van der Waals surface area contributed by atoms with Gasteiger partial charge in [-0.3, -0.25) is 14.5 Å². The van der Waals surface area contributed by atoms with Crippen LogP contribution in [0.25, 0.3) is 10.9 Å². The highest BCUT2D eigenvalue weighted by molar-refractivity contribution is 6.19. The van der Waals surface area contributed by atoms with Crippen LogP contribution in [0, 0.1) is 0 Å². The van der Waals surface area contributed by atoms with Crippen LogP contribution in [-0.2, 0) is 4.79 Å². The molecule has 0 bridgehead atoms. The molecule has 0 saturated carbocycles. The molecular weight excluding hydrogens is 328 g/mol. The molecule has 26 heavy (non-hydrogen) atoms.